The van der Waals surface area contributed by atoms with Gasteiger partial charge in [0, 0.05) is 18.8 Å². The monoisotopic (exact) mass is 269 g/mol. The molecule has 1 aliphatic rings. The van der Waals surface area contributed by atoms with E-state index in [1.807, 2.05) is 12.1 Å². The summed E-state index contributed by atoms with van der Waals surface area (Å²) >= 11 is 5.99. The second-order valence-electron chi connectivity index (χ2n) is 4.67. The van der Waals surface area contributed by atoms with E-state index in [4.69, 9.17) is 22.1 Å². The molecule has 0 atom stereocenters. The van der Waals surface area contributed by atoms with E-state index in [1.165, 1.54) is 0 Å². The quantitative estimate of drug-likeness (QED) is 0.806. The summed E-state index contributed by atoms with van der Waals surface area (Å²) in [5.74, 6) is 0.716. The molecule has 0 spiro atoms. The molecule has 0 unspecified atom stereocenters. The van der Waals surface area contributed by atoms with E-state index in [0.29, 0.717) is 29.6 Å². The molecule has 1 aliphatic carbocycles. The zero-order valence-electron chi connectivity index (χ0n) is 10.4. The minimum absolute atomic E-state index is 0.366. The van der Waals surface area contributed by atoms with Gasteiger partial charge in [0.25, 0.3) is 0 Å². The molecular formula is C13H20ClN3O. The lowest BCUT2D eigenvalue weighted by molar-refractivity contribution is 0.0313. The standard InChI is InChI=1S/C13H20ClN3O/c14-12-2-1-7-16-13(12)17-8-9-18-11-5-3-10(15)4-6-11/h1-2,7,10-11H,3-6,8-9,15H2,(H,16,17). The number of ether oxygens (including phenoxy) is 1. The first-order valence-corrected chi connectivity index (χ1v) is 6.85. The molecule has 18 heavy (non-hydrogen) atoms. The van der Waals surface area contributed by atoms with Crippen molar-refractivity contribution in [2.75, 3.05) is 18.5 Å². The minimum atomic E-state index is 0.366. The highest BCUT2D eigenvalue weighted by atomic mass is 35.5. The van der Waals surface area contributed by atoms with Crippen LogP contribution in [0.3, 0.4) is 0 Å². The zero-order chi connectivity index (χ0) is 12.8. The van der Waals surface area contributed by atoms with Gasteiger partial charge in [-0.1, -0.05) is 11.6 Å². The Morgan fingerprint density at radius 3 is 2.89 bits per heavy atom. The molecule has 0 radical (unpaired) electrons. The lowest BCUT2D eigenvalue weighted by Crippen LogP contribution is -2.31. The highest BCUT2D eigenvalue weighted by molar-refractivity contribution is 6.32. The minimum Gasteiger partial charge on any atom is -0.376 e. The second-order valence-corrected chi connectivity index (χ2v) is 5.08. The molecule has 2 rings (SSSR count). The second kappa shape index (κ2) is 6.92. The summed E-state index contributed by atoms with van der Waals surface area (Å²) in [6.45, 7) is 1.39. The number of nitrogens with one attached hydrogen (secondary N) is 1. The fourth-order valence-electron chi connectivity index (χ4n) is 2.17. The third kappa shape index (κ3) is 4.12. The lowest BCUT2D eigenvalue weighted by Gasteiger charge is -2.26. The summed E-state index contributed by atoms with van der Waals surface area (Å²) in [5.41, 5.74) is 5.85. The number of anilines is 1. The molecule has 1 fully saturated rings. The van der Waals surface area contributed by atoms with Gasteiger partial charge in [-0.05, 0) is 37.8 Å². The number of hydrogen-bond donors (Lipinski definition) is 2. The van der Waals surface area contributed by atoms with Crippen molar-refractivity contribution in [1.82, 2.24) is 4.98 Å². The maximum atomic E-state index is 5.99. The van der Waals surface area contributed by atoms with E-state index in [9.17, 15) is 0 Å². The molecular weight excluding hydrogens is 250 g/mol. The summed E-state index contributed by atoms with van der Waals surface area (Å²) in [6.07, 6.45) is 6.38. The molecule has 1 aromatic heterocycles. The third-order valence-electron chi connectivity index (χ3n) is 3.23. The van der Waals surface area contributed by atoms with Gasteiger partial charge in [-0.25, -0.2) is 4.98 Å². The predicted molar refractivity (Wildman–Crippen MR) is 73.9 cm³/mol. The van der Waals surface area contributed by atoms with Crippen LogP contribution in [0, 0.1) is 0 Å². The highest BCUT2D eigenvalue weighted by Gasteiger charge is 2.18. The molecule has 0 aromatic carbocycles. The van der Waals surface area contributed by atoms with Crippen molar-refractivity contribution in [1.29, 1.82) is 0 Å². The van der Waals surface area contributed by atoms with Crippen molar-refractivity contribution < 1.29 is 4.74 Å². The number of pyridine rings is 1. The Balaban J connectivity index is 1.63. The molecule has 5 heteroatoms. The molecule has 1 heterocycles. The van der Waals surface area contributed by atoms with E-state index in [0.717, 1.165) is 32.2 Å². The van der Waals surface area contributed by atoms with Crippen molar-refractivity contribution in [2.24, 2.45) is 5.73 Å². The SMILES string of the molecule is NC1CCC(OCCNc2ncccc2Cl)CC1. The molecule has 0 saturated heterocycles. The first-order chi connectivity index (χ1) is 8.75. The predicted octanol–water partition coefficient (Wildman–Crippen LogP) is 2.43. The largest absolute Gasteiger partial charge is 0.376 e. The van der Waals surface area contributed by atoms with Crippen LogP contribution in [-0.2, 0) is 4.74 Å². The maximum absolute atomic E-state index is 5.99. The third-order valence-corrected chi connectivity index (χ3v) is 3.53. The van der Waals surface area contributed by atoms with Crippen LogP contribution >= 0.6 is 11.6 Å². The van der Waals surface area contributed by atoms with Gasteiger partial charge in [-0.3, -0.25) is 0 Å². The molecule has 4 nitrogen and oxygen atoms in total. The van der Waals surface area contributed by atoms with Crippen molar-refractivity contribution in [3.63, 3.8) is 0 Å². The van der Waals surface area contributed by atoms with Crippen LogP contribution < -0.4 is 11.1 Å². The summed E-state index contributed by atoms with van der Waals surface area (Å²) < 4.78 is 5.80. The van der Waals surface area contributed by atoms with Crippen LogP contribution in [-0.4, -0.2) is 30.3 Å². The number of nitrogens with zero attached hydrogens (tertiary/aromatic N) is 1. The van der Waals surface area contributed by atoms with Gasteiger partial charge in [-0.15, -0.1) is 0 Å². The molecule has 0 bridgehead atoms. The Labute approximate surface area is 113 Å². The van der Waals surface area contributed by atoms with Crippen LogP contribution in [0.1, 0.15) is 25.7 Å². The molecule has 1 aromatic rings. The van der Waals surface area contributed by atoms with Crippen LogP contribution in [0.4, 0.5) is 5.82 Å². The first-order valence-electron chi connectivity index (χ1n) is 6.47. The molecule has 1 saturated carbocycles. The number of nitrogens with two attached hydrogens (primary N) is 1. The van der Waals surface area contributed by atoms with E-state index in [1.54, 1.807) is 6.20 Å². The fourth-order valence-corrected chi connectivity index (χ4v) is 2.35. The van der Waals surface area contributed by atoms with Gasteiger partial charge in [0.1, 0.15) is 5.82 Å². The Bertz CT molecular complexity index is 367. The van der Waals surface area contributed by atoms with Crippen LogP contribution in [0.5, 0.6) is 0 Å². The van der Waals surface area contributed by atoms with E-state index < -0.39 is 0 Å². The summed E-state index contributed by atoms with van der Waals surface area (Å²) in [4.78, 5) is 4.16. The van der Waals surface area contributed by atoms with Crippen molar-refractivity contribution in [3.8, 4) is 0 Å². The summed E-state index contributed by atoms with van der Waals surface area (Å²) in [7, 11) is 0. The van der Waals surface area contributed by atoms with Crippen LogP contribution in [0.15, 0.2) is 18.3 Å². The molecule has 3 N–H and O–H groups in total. The van der Waals surface area contributed by atoms with Gasteiger partial charge < -0.3 is 15.8 Å². The van der Waals surface area contributed by atoms with E-state index >= 15 is 0 Å². The molecule has 100 valence electrons. The average molecular weight is 270 g/mol. The van der Waals surface area contributed by atoms with E-state index in [2.05, 4.69) is 10.3 Å². The Kier molecular flexibility index (Phi) is 5.23. The average Bonchev–Trinajstić information content (AvgIpc) is 2.39. The molecule has 0 amide bonds. The maximum Gasteiger partial charge on any atom is 0.144 e. The van der Waals surface area contributed by atoms with E-state index in [-0.39, 0.29) is 0 Å². The topological polar surface area (TPSA) is 60.2 Å². The van der Waals surface area contributed by atoms with Crippen LogP contribution in [0.2, 0.25) is 5.02 Å². The zero-order valence-corrected chi connectivity index (χ0v) is 11.2. The van der Waals surface area contributed by atoms with Gasteiger partial charge in [-0.2, -0.15) is 0 Å². The Morgan fingerprint density at radius 1 is 1.39 bits per heavy atom. The number of hydrogen-bond acceptors (Lipinski definition) is 4. The van der Waals surface area contributed by atoms with Crippen molar-refractivity contribution in [3.05, 3.63) is 23.4 Å². The smallest absolute Gasteiger partial charge is 0.144 e. The number of halogens is 1. The summed E-state index contributed by atoms with van der Waals surface area (Å²) in [6, 6.07) is 4.01. The fraction of sp³-hybridized carbons (Fsp3) is 0.615. The Morgan fingerprint density at radius 2 is 2.17 bits per heavy atom. The highest BCUT2D eigenvalue weighted by Crippen LogP contribution is 2.20. The van der Waals surface area contributed by atoms with Gasteiger partial charge in [0.2, 0.25) is 0 Å². The van der Waals surface area contributed by atoms with Gasteiger partial charge in [0.05, 0.1) is 17.7 Å². The number of aromatic nitrogens is 1. The van der Waals surface area contributed by atoms with Crippen LogP contribution in [0.25, 0.3) is 0 Å². The molecule has 0 aliphatic heterocycles. The van der Waals surface area contributed by atoms with Crippen molar-refractivity contribution >= 4 is 17.4 Å². The number of rotatable bonds is 5. The van der Waals surface area contributed by atoms with Gasteiger partial charge in [0.15, 0.2) is 0 Å². The first kappa shape index (κ1) is 13.6. The van der Waals surface area contributed by atoms with Gasteiger partial charge >= 0.3 is 0 Å². The normalized spacial score (nSPS) is 23.9. The lowest BCUT2D eigenvalue weighted by atomic mass is 9.94. The summed E-state index contributed by atoms with van der Waals surface area (Å²) in [5, 5.41) is 3.81. The van der Waals surface area contributed by atoms with Crippen molar-refractivity contribution in [2.45, 2.75) is 37.8 Å². The Hall–Kier alpha value is -0.840.